The van der Waals surface area contributed by atoms with Gasteiger partial charge in [-0.1, -0.05) is 42.0 Å². The van der Waals surface area contributed by atoms with Crippen LogP contribution in [0.3, 0.4) is 0 Å². The highest BCUT2D eigenvalue weighted by Crippen LogP contribution is 2.02. The molecule has 2 radical (unpaired) electrons. The lowest BCUT2D eigenvalue weighted by Gasteiger charge is -1.92. The molecular weight excluding hydrogens is 144 g/mol. The molecule has 0 heteroatoms. The number of hydrogen-bond donors (Lipinski definition) is 0. The molecule has 0 aromatic heterocycles. The normalized spacial score (nSPS) is 13.0. The van der Waals surface area contributed by atoms with Crippen molar-refractivity contribution in [2.75, 3.05) is 0 Å². The summed E-state index contributed by atoms with van der Waals surface area (Å²) in [4.78, 5) is 0. The van der Waals surface area contributed by atoms with E-state index in [9.17, 15) is 0 Å². The second kappa shape index (κ2) is 8.06. The topological polar surface area (TPSA) is 0 Å². The van der Waals surface area contributed by atoms with E-state index in [2.05, 4.69) is 32.6 Å². The van der Waals surface area contributed by atoms with E-state index in [0.29, 0.717) is 0 Å². The van der Waals surface area contributed by atoms with Gasteiger partial charge in [-0.3, -0.25) is 0 Å². The number of hydrogen-bond acceptors (Lipinski definition) is 0. The molecule has 0 fully saturated rings. The Hall–Kier alpha value is -1.04. The van der Waals surface area contributed by atoms with Gasteiger partial charge in [0.25, 0.3) is 0 Å². The molecule has 0 aliphatic heterocycles. The largest absolute Gasteiger partial charge is 0.103 e. The van der Waals surface area contributed by atoms with Crippen molar-refractivity contribution >= 4 is 0 Å². The van der Waals surface area contributed by atoms with Crippen molar-refractivity contribution in [3.8, 4) is 0 Å². The molecule has 0 aromatic rings. The van der Waals surface area contributed by atoms with Crippen LogP contribution in [0.4, 0.5) is 0 Å². The molecule has 0 aromatic carbocycles. The SMILES string of the molecule is [CH2]C=CC=CCC([CH2])=CCC=C. The molecule has 0 atom stereocenters. The quantitative estimate of drug-likeness (QED) is 0.425. The summed E-state index contributed by atoms with van der Waals surface area (Å²) in [7, 11) is 0. The molecule has 0 amide bonds. The molecule has 0 N–H and O–H groups in total. The standard InChI is InChI=1S/C12H16/c1-4-6-8-9-11-12(3)10-7-5-2/h4-6,8-10H,1-3,7,11H2. The second-order valence-corrected chi connectivity index (χ2v) is 2.45. The maximum absolute atomic E-state index is 3.90. The predicted octanol–water partition coefficient (Wildman–Crippen LogP) is 3.66. The van der Waals surface area contributed by atoms with E-state index >= 15 is 0 Å². The van der Waals surface area contributed by atoms with Crippen molar-refractivity contribution in [2.24, 2.45) is 0 Å². The highest BCUT2D eigenvalue weighted by Gasteiger charge is 1.82. The molecule has 0 unspecified atom stereocenters. The lowest BCUT2D eigenvalue weighted by molar-refractivity contribution is 1.23. The van der Waals surface area contributed by atoms with E-state index < -0.39 is 0 Å². The van der Waals surface area contributed by atoms with Gasteiger partial charge in [-0.2, -0.15) is 0 Å². The Labute approximate surface area is 76.0 Å². The number of rotatable bonds is 5. The van der Waals surface area contributed by atoms with Gasteiger partial charge in [0.15, 0.2) is 0 Å². The molecule has 0 aliphatic carbocycles. The molecule has 0 bridgehead atoms. The monoisotopic (exact) mass is 160 g/mol. The highest BCUT2D eigenvalue weighted by atomic mass is 13.9. The Morgan fingerprint density at radius 1 is 1.25 bits per heavy atom. The van der Waals surface area contributed by atoms with Gasteiger partial charge in [0.2, 0.25) is 0 Å². The van der Waals surface area contributed by atoms with E-state index in [1.54, 1.807) is 6.08 Å². The maximum atomic E-state index is 3.90. The van der Waals surface area contributed by atoms with E-state index in [1.807, 2.05) is 18.2 Å². The summed E-state index contributed by atoms with van der Waals surface area (Å²) in [6.45, 7) is 11.1. The van der Waals surface area contributed by atoms with Crippen LogP contribution in [0, 0.1) is 13.8 Å². The zero-order chi connectivity index (χ0) is 9.23. The minimum absolute atomic E-state index is 0.901. The van der Waals surface area contributed by atoms with Gasteiger partial charge in [-0.05, 0) is 26.7 Å². The molecule has 0 aliphatic rings. The van der Waals surface area contributed by atoms with Gasteiger partial charge in [-0.25, -0.2) is 0 Å². The molecule has 12 heavy (non-hydrogen) atoms. The molecule has 0 heterocycles. The van der Waals surface area contributed by atoms with Crippen LogP contribution in [0.1, 0.15) is 12.8 Å². The fourth-order valence-corrected chi connectivity index (χ4v) is 0.710. The van der Waals surface area contributed by atoms with Crippen LogP contribution in [-0.4, -0.2) is 0 Å². The van der Waals surface area contributed by atoms with Crippen molar-refractivity contribution in [1.29, 1.82) is 0 Å². The average Bonchev–Trinajstić information content (AvgIpc) is 2.09. The summed E-state index contributed by atoms with van der Waals surface area (Å²) >= 11 is 0. The van der Waals surface area contributed by atoms with Crippen LogP contribution < -0.4 is 0 Å². The maximum Gasteiger partial charge on any atom is -0.0135 e. The lowest BCUT2D eigenvalue weighted by Crippen LogP contribution is -1.72. The Morgan fingerprint density at radius 3 is 2.58 bits per heavy atom. The molecule has 0 saturated heterocycles. The first kappa shape index (κ1) is 11.0. The van der Waals surface area contributed by atoms with Crippen LogP contribution in [0.25, 0.3) is 0 Å². The van der Waals surface area contributed by atoms with Gasteiger partial charge in [-0.15, -0.1) is 6.58 Å². The van der Waals surface area contributed by atoms with Gasteiger partial charge >= 0.3 is 0 Å². The van der Waals surface area contributed by atoms with Crippen LogP contribution in [0.2, 0.25) is 0 Å². The minimum Gasteiger partial charge on any atom is -0.103 e. The first-order valence-electron chi connectivity index (χ1n) is 4.04. The van der Waals surface area contributed by atoms with Gasteiger partial charge in [0.05, 0.1) is 0 Å². The summed E-state index contributed by atoms with van der Waals surface area (Å²) in [6, 6.07) is 0. The Balaban J connectivity index is 3.68. The summed E-state index contributed by atoms with van der Waals surface area (Å²) in [5, 5.41) is 0. The van der Waals surface area contributed by atoms with E-state index in [0.717, 1.165) is 18.4 Å². The summed E-state index contributed by atoms with van der Waals surface area (Å²) < 4.78 is 0. The fourth-order valence-electron chi connectivity index (χ4n) is 0.710. The summed E-state index contributed by atoms with van der Waals surface area (Å²) in [5.41, 5.74) is 1.13. The number of allylic oxidation sites excluding steroid dienone is 7. The van der Waals surface area contributed by atoms with Gasteiger partial charge in [0, 0.05) is 0 Å². The summed E-state index contributed by atoms with van der Waals surface area (Å²) in [5.74, 6) is 0. The van der Waals surface area contributed by atoms with Crippen LogP contribution in [0.5, 0.6) is 0 Å². The Morgan fingerprint density at radius 2 is 2.00 bits per heavy atom. The molecule has 0 nitrogen and oxygen atoms in total. The highest BCUT2D eigenvalue weighted by molar-refractivity contribution is 5.14. The minimum atomic E-state index is 0.901. The zero-order valence-corrected chi connectivity index (χ0v) is 7.50. The van der Waals surface area contributed by atoms with Gasteiger partial charge < -0.3 is 0 Å². The van der Waals surface area contributed by atoms with E-state index in [-0.39, 0.29) is 0 Å². The molecular formula is C12H16. The molecule has 64 valence electrons. The van der Waals surface area contributed by atoms with Gasteiger partial charge in [0.1, 0.15) is 0 Å². The zero-order valence-electron chi connectivity index (χ0n) is 7.50. The Kier molecular flexibility index (Phi) is 7.36. The third-order valence-corrected chi connectivity index (χ3v) is 1.34. The second-order valence-electron chi connectivity index (χ2n) is 2.45. The average molecular weight is 160 g/mol. The van der Waals surface area contributed by atoms with Crippen LogP contribution >= 0.6 is 0 Å². The van der Waals surface area contributed by atoms with Crippen molar-refractivity contribution in [2.45, 2.75) is 12.8 Å². The third kappa shape index (κ3) is 7.07. The van der Waals surface area contributed by atoms with Crippen LogP contribution in [-0.2, 0) is 0 Å². The van der Waals surface area contributed by atoms with Crippen molar-refractivity contribution < 1.29 is 0 Å². The first-order valence-corrected chi connectivity index (χ1v) is 4.04. The molecule has 0 saturated carbocycles. The predicted molar refractivity (Wildman–Crippen MR) is 56.5 cm³/mol. The third-order valence-electron chi connectivity index (χ3n) is 1.34. The van der Waals surface area contributed by atoms with Crippen LogP contribution in [0.15, 0.2) is 48.6 Å². The van der Waals surface area contributed by atoms with Crippen molar-refractivity contribution in [3.63, 3.8) is 0 Å². The lowest BCUT2D eigenvalue weighted by atomic mass is 10.1. The smallest absolute Gasteiger partial charge is 0.0135 e. The van der Waals surface area contributed by atoms with E-state index in [4.69, 9.17) is 0 Å². The van der Waals surface area contributed by atoms with E-state index in [1.165, 1.54) is 0 Å². The Bertz CT molecular complexity index is 192. The fraction of sp³-hybridized carbons (Fsp3) is 0.167. The van der Waals surface area contributed by atoms with Crippen molar-refractivity contribution in [3.05, 3.63) is 62.5 Å². The summed E-state index contributed by atoms with van der Waals surface area (Å²) in [6.07, 6.45) is 13.4. The molecule has 0 rings (SSSR count). The molecule has 0 spiro atoms. The first-order chi connectivity index (χ1) is 5.81. The van der Waals surface area contributed by atoms with Crippen molar-refractivity contribution in [1.82, 2.24) is 0 Å².